The average Bonchev–Trinajstić information content (AvgIpc) is 2.14. The molecule has 0 heterocycles. The van der Waals surface area contributed by atoms with Crippen molar-refractivity contribution < 1.29 is 36.2 Å². The van der Waals surface area contributed by atoms with Crippen LogP contribution in [0.3, 0.4) is 0 Å². The molecular weight excluding hydrogens is 226 g/mol. The van der Waals surface area contributed by atoms with Gasteiger partial charge in [0.25, 0.3) is 0 Å². The average molecular weight is 246 g/mol. The predicted octanol–water partition coefficient (Wildman–Crippen LogP) is -0.0281. The smallest absolute Gasteiger partial charge is 0.746 e. The Kier molecular flexibility index (Phi) is 12.4. The van der Waals surface area contributed by atoms with Crippen LogP contribution < -0.4 is 18.9 Å². The minimum absolute atomic E-state index is 0. The zero-order chi connectivity index (χ0) is 11.7. The van der Waals surface area contributed by atoms with E-state index in [1.165, 1.54) is 19.3 Å². The molecule has 92 valence electrons. The first-order valence-corrected chi connectivity index (χ1v) is 7.04. The quantitative estimate of drug-likeness (QED) is 0.326. The van der Waals surface area contributed by atoms with E-state index in [1.54, 1.807) is 0 Å². The van der Waals surface area contributed by atoms with E-state index in [9.17, 15) is 17.4 Å². The molecule has 1 unspecified atom stereocenters. The molecule has 0 aromatic carbocycles. The van der Waals surface area contributed by atoms with Crippen molar-refractivity contribution >= 4 is 10.1 Å². The Hall–Kier alpha value is 0.437. The molecule has 0 amide bonds. The molecule has 1 atom stereocenters. The Morgan fingerprint density at radius 3 is 1.94 bits per heavy atom. The van der Waals surface area contributed by atoms with Crippen LogP contribution in [0, 0.1) is 0 Å². The van der Waals surface area contributed by atoms with Gasteiger partial charge in [-0.15, -0.1) is 0 Å². The van der Waals surface area contributed by atoms with Crippen molar-refractivity contribution in [1.29, 1.82) is 0 Å². The van der Waals surface area contributed by atoms with Crippen LogP contribution in [-0.4, -0.2) is 18.5 Å². The Labute approximate surface area is 110 Å². The molecule has 0 fully saturated rings. The van der Waals surface area contributed by atoms with E-state index < -0.39 is 15.6 Å². The fourth-order valence-electron chi connectivity index (χ4n) is 1.41. The van der Waals surface area contributed by atoms with Gasteiger partial charge in [-0.25, -0.2) is 12.8 Å². The second-order valence-electron chi connectivity index (χ2n) is 3.81. The number of rotatable bonds is 9. The van der Waals surface area contributed by atoms with Crippen LogP contribution in [0.1, 0.15) is 58.3 Å². The summed E-state index contributed by atoms with van der Waals surface area (Å²) >= 11 is 0. The Morgan fingerprint density at radius 2 is 1.50 bits per heavy atom. The van der Waals surface area contributed by atoms with Gasteiger partial charge in [-0.2, -0.15) is 0 Å². The van der Waals surface area contributed by atoms with E-state index >= 15 is 0 Å². The normalized spacial score (nSPS) is 13.2. The zero-order valence-corrected chi connectivity index (χ0v) is 11.1. The van der Waals surface area contributed by atoms with Crippen molar-refractivity contribution in [2.24, 2.45) is 0 Å². The van der Waals surface area contributed by atoms with Gasteiger partial charge in [0.05, 0.1) is 0 Å². The summed E-state index contributed by atoms with van der Waals surface area (Å²) < 4.78 is 43.3. The second-order valence-corrected chi connectivity index (χ2v) is 5.31. The Bertz CT molecular complexity index is 244. The standard InChI is InChI=1S/C10H21FO3S.Li/c1-2-3-4-5-6-7-8-9-10(11)15(12,13)14;/h10H,2-9H2,1H3,(H,12,13,14);/q;+1/p-1. The number of unbranched alkanes of at least 4 members (excludes halogenated alkanes) is 6. The van der Waals surface area contributed by atoms with Gasteiger partial charge in [0, 0.05) is 0 Å². The molecule has 0 saturated carbocycles. The minimum atomic E-state index is -4.72. The molecule has 0 N–H and O–H groups in total. The topological polar surface area (TPSA) is 57.2 Å². The van der Waals surface area contributed by atoms with Gasteiger partial charge in [-0.3, -0.25) is 0 Å². The molecule has 0 saturated heterocycles. The molecule has 0 bridgehead atoms. The summed E-state index contributed by atoms with van der Waals surface area (Å²) in [5, 5.41) is 0. The van der Waals surface area contributed by atoms with E-state index in [1.807, 2.05) is 0 Å². The number of hydrogen-bond donors (Lipinski definition) is 0. The maximum absolute atomic E-state index is 12.6. The molecule has 0 aliphatic heterocycles. The number of alkyl halides is 1. The fraction of sp³-hybridized carbons (Fsp3) is 1.00. The van der Waals surface area contributed by atoms with Crippen molar-refractivity contribution in [3.63, 3.8) is 0 Å². The molecular formula is C10H20FLiO3S. The molecule has 0 radical (unpaired) electrons. The van der Waals surface area contributed by atoms with Crippen molar-refractivity contribution in [3.05, 3.63) is 0 Å². The molecule has 3 nitrogen and oxygen atoms in total. The summed E-state index contributed by atoms with van der Waals surface area (Å²) in [4.78, 5) is 0. The van der Waals surface area contributed by atoms with Gasteiger partial charge in [-0.05, 0) is 12.8 Å². The maximum Gasteiger partial charge on any atom is 1.00 e. The third-order valence-electron chi connectivity index (χ3n) is 2.35. The first kappa shape index (κ1) is 18.8. The van der Waals surface area contributed by atoms with Gasteiger partial charge < -0.3 is 4.55 Å². The molecule has 0 aromatic heterocycles. The van der Waals surface area contributed by atoms with E-state index in [0.717, 1.165) is 19.3 Å². The predicted molar refractivity (Wildman–Crippen MR) is 57.2 cm³/mol. The van der Waals surface area contributed by atoms with Crippen LogP contribution >= 0.6 is 0 Å². The van der Waals surface area contributed by atoms with Gasteiger partial charge in [0.15, 0.2) is 5.50 Å². The molecule has 0 rings (SSSR count). The summed E-state index contributed by atoms with van der Waals surface area (Å²) in [6.45, 7) is 2.13. The van der Waals surface area contributed by atoms with Crippen molar-refractivity contribution in [2.75, 3.05) is 0 Å². The zero-order valence-electron chi connectivity index (χ0n) is 10.2. The number of hydrogen-bond acceptors (Lipinski definition) is 3. The number of halogens is 1. The minimum Gasteiger partial charge on any atom is -0.746 e. The van der Waals surface area contributed by atoms with Crippen LogP contribution in [0.15, 0.2) is 0 Å². The van der Waals surface area contributed by atoms with Crippen molar-refractivity contribution in [2.45, 2.75) is 63.8 Å². The molecule has 6 heteroatoms. The van der Waals surface area contributed by atoms with Crippen LogP contribution in [0.25, 0.3) is 0 Å². The molecule has 0 aliphatic rings. The molecule has 0 aliphatic carbocycles. The van der Waals surface area contributed by atoms with E-state index in [2.05, 4.69) is 6.92 Å². The van der Waals surface area contributed by atoms with Crippen molar-refractivity contribution in [3.8, 4) is 0 Å². The van der Waals surface area contributed by atoms with Crippen LogP contribution in [0.4, 0.5) is 4.39 Å². The van der Waals surface area contributed by atoms with Gasteiger partial charge >= 0.3 is 18.9 Å². The fourth-order valence-corrected chi connectivity index (χ4v) is 1.86. The van der Waals surface area contributed by atoms with Crippen LogP contribution in [0.2, 0.25) is 0 Å². The summed E-state index contributed by atoms with van der Waals surface area (Å²) in [6.07, 6.45) is 6.80. The van der Waals surface area contributed by atoms with Crippen LogP contribution in [-0.2, 0) is 10.1 Å². The molecule has 16 heavy (non-hydrogen) atoms. The van der Waals surface area contributed by atoms with E-state index in [-0.39, 0.29) is 25.3 Å². The third-order valence-corrected chi connectivity index (χ3v) is 3.21. The Balaban J connectivity index is 0. The Morgan fingerprint density at radius 1 is 1.06 bits per heavy atom. The van der Waals surface area contributed by atoms with E-state index in [4.69, 9.17) is 0 Å². The summed E-state index contributed by atoms with van der Waals surface area (Å²) in [5.41, 5.74) is -2.21. The largest absolute Gasteiger partial charge is 1.00 e. The summed E-state index contributed by atoms with van der Waals surface area (Å²) in [6, 6.07) is 0. The summed E-state index contributed by atoms with van der Waals surface area (Å²) in [7, 11) is -4.72. The van der Waals surface area contributed by atoms with Crippen molar-refractivity contribution in [1.82, 2.24) is 0 Å². The monoisotopic (exact) mass is 246 g/mol. The van der Waals surface area contributed by atoms with Gasteiger partial charge in [0.1, 0.15) is 10.1 Å². The third kappa shape index (κ3) is 10.9. The SMILES string of the molecule is CCCCCCCCCC(F)S(=O)(=O)[O-].[Li+]. The second kappa shape index (κ2) is 10.6. The van der Waals surface area contributed by atoms with Crippen LogP contribution in [0.5, 0.6) is 0 Å². The molecule has 0 aromatic rings. The van der Waals surface area contributed by atoms with Gasteiger partial charge in [-0.1, -0.05) is 45.4 Å². The van der Waals surface area contributed by atoms with Gasteiger partial charge in [0.2, 0.25) is 0 Å². The first-order valence-electron chi connectivity index (χ1n) is 5.57. The summed E-state index contributed by atoms with van der Waals surface area (Å²) in [5.74, 6) is 0. The first-order chi connectivity index (χ1) is 6.98. The van der Waals surface area contributed by atoms with E-state index in [0.29, 0.717) is 6.42 Å². The maximum atomic E-state index is 12.6. The molecule has 0 spiro atoms.